The lowest BCUT2D eigenvalue weighted by Gasteiger charge is -2.41. The van der Waals surface area contributed by atoms with Gasteiger partial charge < -0.3 is 58.4 Å². The van der Waals surface area contributed by atoms with Crippen LogP contribution in [0.1, 0.15) is 19.8 Å². The minimum absolute atomic E-state index is 0.0445. The smallest absolute Gasteiger partial charge is 0.374 e. The van der Waals surface area contributed by atoms with Crippen molar-refractivity contribution in [2.45, 2.75) is 62.2 Å². The molecule has 0 saturated carbocycles. The summed E-state index contributed by atoms with van der Waals surface area (Å²) >= 11 is 0. The Morgan fingerprint density at radius 1 is 0.936 bits per heavy atom. The van der Waals surface area contributed by atoms with Crippen LogP contribution in [0.4, 0.5) is 0 Å². The first-order chi connectivity index (χ1) is 22.2. The van der Waals surface area contributed by atoms with Crippen LogP contribution in [0.3, 0.4) is 0 Å². The second-order valence-corrected chi connectivity index (χ2v) is 11.4. The lowest BCUT2D eigenvalue weighted by atomic mass is 9.93. The standard InChI is InChI=1S/C31H32O16/c1-31(40,11-23(32)33)12-25(35)42-13-22-26(36)27(37)28(38)30(47-22)46-20-10-18-15(7-19(20)41-2)8-21(29(39)45-18)43-16-5-3-14-4-6-24(34)44-17(14)9-16/h3-10,15,18,22,26-28,30,36-38,40H,11-13H2,1-2H3,(H,32,33). The summed E-state index contributed by atoms with van der Waals surface area (Å²) in [4.78, 5) is 47.5. The number of ether oxygens (including phenoxy) is 6. The Morgan fingerprint density at radius 3 is 2.38 bits per heavy atom. The molecule has 252 valence electrons. The van der Waals surface area contributed by atoms with Crippen LogP contribution in [-0.4, -0.2) is 99.6 Å². The number of esters is 2. The highest BCUT2D eigenvalue weighted by Gasteiger charge is 2.47. The quantitative estimate of drug-likeness (QED) is 0.158. The topological polar surface area (TPSA) is 238 Å². The highest BCUT2D eigenvalue weighted by Crippen LogP contribution is 2.35. The summed E-state index contributed by atoms with van der Waals surface area (Å²) in [5.74, 6) is -3.57. The van der Waals surface area contributed by atoms with Crippen molar-refractivity contribution in [3.05, 3.63) is 76.3 Å². The van der Waals surface area contributed by atoms with Crippen molar-refractivity contribution in [1.82, 2.24) is 0 Å². The molecule has 2 aromatic rings. The molecule has 16 nitrogen and oxygen atoms in total. The number of carbonyl (C=O) groups is 3. The molecule has 1 aromatic heterocycles. The molecule has 8 unspecified atom stereocenters. The molecule has 0 radical (unpaired) electrons. The van der Waals surface area contributed by atoms with E-state index in [1.165, 1.54) is 31.4 Å². The van der Waals surface area contributed by atoms with Crippen molar-refractivity contribution < 1.29 is 72.8 Å². The molecule has 8 atom stereocenters. The van der Waals surface area contributed by atoms with Gasteiger partial charge in [-0.15, -0.1) is 0 Å². The summed E-state index contributed by atoms with van der Waals surface area (Å²) in [5.41, 5.74) is -2.19. The first kappa shape index (κ1) is 33.6. The molecule has 1 aliphatic carbocycles. The zero-order valence-corrected chi connectivity index (χ0v) is 25.0. The van der Waals surface area contributed by atoms with Crippen molar-refractivity contribution >= 4 is 28.9 Å². The number of hydrogen-bond donors (Lipinski definition) is 5. The average Bonchev–Trinajstić information content (AvgIpc) is 2.99. The number of hydrogen-bond acceptors (Lipinski definition) is 15. The fraction of sp³-hybridized carbons (Fsp3) is 0.419. The second-order valence-electron chi connectivity index (χ2n) is 11.4. The number of fused-ring (bicyclic) bond motifs is 2. The van der Waals surface area contributed by atoms with Crippen LogP contribution in [0.5, 0.6) is 5.75 Å². The van der Waals surface area contributed by atoms with Crippen molar-refractivity contribution in [2.24, 2.45) is 5.92 Å². The van der Waals surface area contributed by atoms with Gasteiger partial charge in [-0.1, -0.05) is 0 Å². The van der Waals surface area contributed by atoms with E-state index in [0.717, 1.165) is 6.92 Å². The maximum Gasteiger partial charge on any atom is 0.374 e. The van der Waals surface area contributed by atoms with Gasteiger partial charge in [-0.05, 0) is 37.3 Å². The Morgan fingerprint density at radius 2 is 1.66 bits per heavy atom. The predicted molar refractivity (Wildman–Crippen MR) is 154 cm³/mol. The first-order valence-electron chi connectivity index (χ1n) is 14.3. The van der Waals surface area contributed by atoms with Crippen molar-refractivity contribution in [3.8, 4) is 5.75 Å². The zero-order chi connectivity index (χ0) is 34.0. The third-order valence-electron chi connectivity index (χ3n) is 7.49. The van der Waals surface area contributed by atoms with Crippen molar-refractivity contribution in [1.29, 1.82) is 0 Å². The first-order valence-corrected chi connectivity index (χ1v) is 14.3. The molecule has 3 aliphatic rings. The van der Waals surface area contributed by atoms with E-state index in [-0.39, 0.29) is 28.6 Å². The third-order valence-corrected chi connectivity index (χ3v) is 7.49. The van der Waals surface area contributed by atoms with E-state index in [1.54, 1.807) is 24.3 Å². The number of rotatable bonds is 11. The van der Waals surface area contributed by atoms with Gasteiger partial charge in [0.1, 0.15) is 48.5 Å². The molecule has 5 N–H and O–H groups in total. The number of carboxylic acid groups (broad SMARTS) is 1. The molecular weight excluding hydrogens is 628 g/mol. The second kappa shape index (κ2) is 13.5. The molecule has 0 amide bonds. The Hall–Kier alpha value is -4.74. The molecule has 1 fully saturated rings. The van der Waals surface area contributed by atoms with E-state index in [0.29, 0.717) is 5.39 Å². The Kier molecular flexibility index (Phi) is 9.69. The molecule has 1 aromatic carbocycles. The SMILES string of the molecule is COC1=CC2C=C(Oc3ccc4ccc(=O)oc4c3)C(=O)OC2C=C1OC1OC(COC(=O)CC(C)(O)CC(=O)O)C(O)C(O)C1O. The number of carboxylic acids is 1. The van der Waals surface area contributed by atoms with E-state index >= 15 is 0 Å². The summed E-state index contributed by atoms with van der Waals surface area (Å²) in [5, 5.41) is 51.1. The highest BCUT2D eigenvalue weighted by molar-refractivity contribution is 5.88. The van der Waals surface area contributed by atoms with Crippen LogP contribution in [0, 0.1) is 5.92 Å². The fourth-order valence-electron chi connectivity index (χ4n) is 5.15. The van der Waals surface area contributed by atoms with E-state index in [9.17, 15) is 39.6 Å². The van der Waals surface area contributed by atoms with Gasteiger partial charge >= 0.3 is 23.5 Å². The summed E-state index contributed by atoms with van der Waals surface area (Å²) in [6, 6.07) is 7.56. The minimum Gasteiger partial charge on any atom is -0.493 e. The molecule has 1 saturated heterocycles. The van der Waals surface area contributed by atoms with E-state index < -0.39 is 91.3 Å². The van der Waals surface area contributed by atoms with Gasteiger partial charge in [-0.25, -0.2) is 9.59 Å². The van der Waals surface area contributed by atoms with Crippen LogP contribution in [-0.2, 0) is 38.1 Å². The summed E-state index contributed by atoms with van der Waals surface area (Å²) in [6.45, 7) is 0.500. The van der Waals surface area contributed by atoms with Gasteiger partial charge in [0.2, 0.25) is 12.0 Å². The Balaban J connectivity index is 1.26. The Labute approximate surface area is 265 Å². The molecule has 5 rings (SSSR count). The van der Waals surface area contributed by atoms with E-state index in [1.807, 2.05) is 0 Å². The van der Waals surface area contributed by atoms with E-state index in [2.05, 4.69) is 0 Å². The molecule has 0 bridgehead atoms. The number of carbonyl (C=O) groups excluding carboxylic acids is 2. The maximum absolute atomic E-state index is 12.8. The Bertz CT molecular complexity index is 1690. The lowest BCUT2D eigenvalue weighted by molar-refractivity contribution is -0.292. The zero-order valence-electron chi connectivity index (χ0n) is 25.0. The number of aliphatic hydroxyl groups excluding tert-OH is 3. The van der Waals surface area contributed by atoms with Gasteiger partial charge in [-0.3, -0.25) is 9.59 Å². The van der Waals surface area contributed by atoms with Gasteiger partial charge in [0, 0.05) is 29.5 Å². The lowest BCUT2D eigenvalue weighted by Crippen LogP contribution is -2.59. The fourth-order valence-corrected chi connectivity index (χ4v) is 5.15. The number of methoxy groups -OCH3 is 1. The largest absolute Gasteiger partial charge is 0.493 e. The summed E-state index contributed by atoms with van der Waals surface area (Å²) in [6.07, 6.45) is -6.23. The van der Waals surface area contributed by atoms with Crippen molar-refractivity contribution in [2.75, 3.05) is 13.7 Å². The monoisotopic (exact) mass is 660 g/mol. The van der Waals surface area contributed by atoms with Gasteiger partial charge in [0.15, 0.2) is 11.5 Å². The molecule has 0 spiro atoms. The average molecular weight is 661 g/mol. The maximum atomic E-state index is 12.8. The van der Waals surface area contributed by atoms with Crippen LogP contribution in [0.2, 0.25) is 0 Å². The molecule has 2 aliphatic heterocycles. The summed E-state index contributed by atoms with van der Waals surface area (Å²) in [7, 11) is 1.33. The van der Waals surface area contributed by atoms with Crippen molar-refractivity contribution in [3.63, 3.8) is 0 Å². The van der Waals surface area contributed by atoms with Gasteiger partial charge in [0.25, 0.3) is 0 Å². The molecular formula is C31H32O16. The highest BCUT2D eigenvalue weighted by atomic mass is 16.7. The van der Waals surface area contributed by atoms with Gasteiger partial charge in [0.05, 0.1) is 25.6 Å². The van der Waals surface area contributed by atoms with E-state index in [4.69, 9.17) is 37.9 Å². The van der Waals surface area contributed by atoms with Gasteiger partial charge in [-0.2, -0.15) is 0 Å². The predicted octanol–water partition coefficient (Wildman–Crippen LogP) is 0.00830. The number of benzene rings is 1. The van der Waals surface area contributed by atoms with Crippen LogP contribution in [0.25, 0.3) is 11.0 Å². The minimum atomic E-state index is -1.90. The number of aliphatic hydroxyl groups is 4. The van der Waals surface area contributed by atoms with Crippen LogP contribution < -0.4 is 10.4 Å². The third kappa shape index (κ3) is 7.81. The molecule has 3 heterocycles. The van der Waals surface area contributed by atoms with Crippen LogP contribution >= 0.6 is 0 Å². The normalized spacial score (nSPS) is 28.4. The number of aliphatic carboxylic acids is 1. The summed E-state index contributed by atoms with van der Waals surface area (Å²) < 4.78 is 38.3. The van der Waals surface area contributed by atoms with Crippen LogP contribution in [0.15, 0.2) is 75.0 Å². The molecule has 47 heavy (non-hydrogen) atoms. The molecule has 16 heteroatoms.